The summed E-state index contributed by atoms with van der Waals surface area (Å²) >= 11 is 0. The van der Waals surface area contributed by atoms with Crippen molar-refractivity contribution >= 4 is 24.6 Å². The Kier molecular flexibility index (Phi) is 5.86. The van der Waals surface area contributed by atoms with E-state index in [-0.39, 0.29) is 17.9 Å². The molecule has 3 atom stereocenters. The van der Waals surface area contributed by atoms with Gasteiger partial charge in [-0.25, -0.2) is 15.0 Å². The third-order valence-electron chi connectivity index (χ3n) is 5.35. The van der Waals surface area contributed by atoms with Gasteiger partial charge in [0.15, 0.2) is 11.5 Å². The number of rotatable bonds is 6. The Morgan fingerprint density at radius 1 is 1.33 bits per heavy atom. The monoisotopic (exact) mass is 397 g/mol. The molecule has 2 aromatic heterocycles. The van der Waals surface area contributed by atoms with Crippen molar-refractivity contribution in [2.45, 2.75) is 46.8 Å². The van der Waals surface area contributed by atoms with Crippen molar-refractivity contribution in [2.75, 3.05) is 25.3 Å². The molecule has 1 saturated heterocycles. The smallest absolute Gasteiger partial charge is 0.356 e. The zero-order valence-electron chi connectivity index (χ0n) is 16.3. The molecular formula is C17H28N5O4P. The lowest BCUT2D eigenvalue weighted by molar-refractivity contribution is 0.0644. The van der Waals surface area contributed by atoms with Crippen molar-refractivity contribution in [3.8, 4) is 0 Å². The van der Waals surface area contributed by atoms with Crippen LogP contribution < -0.4 is 5.73 Å². The van der Waals surface area contributed by atoms with Gasteiger partial charge in [-0.1, -0.05) is 20.8 Å². The first-order chi connectivity index (χ1) is 12.7. The number of ether oxygens (including phenoxy) is 1. The van der Waals surface area contributed by atoms with Crippen molar-refractivity contribution in [1.82, 2.24) is 19.5 Å². The minimum absolute atomic E-state index is 0.0485. The third kappa shape index (κ3) is 4.48. The molecule has 0 saturated carbocycles. The van der Waals surface area contributed by atoms with Crippen LogP contribution in [0.15, 0.2) is 12.7 Å². The van der Waals surface area contributed by atoms with Crippen molar-refractivity contribution in [3.63, 3.8) is 0 Å². The van der Waals surface area contributed by atoms with Crippen molar-refractivity contribution in [2.24, 2.45) is 11.3 Å². The second-order valence-corrected chi connectivity index (χ2v) is 9.71. The van der Waals surface area contributed by atoms with Crippen LogP contribution in [-0.4, -0.2) is 45.2 Å². The summed E-state index contributed by atoms with van der Waals surface area (Å²) in [4.78, 5) is 12.4. The molecule has 1 aliphatic rings. The zero-order chi connectivity index (χ0) is 19.7. The van der Waals surface area contributed by atoms with E-state index >= 15 is 0 Å². The Morgan fingerprint density at radius 2 is 2.11 bits per heavy atom. The summed E-state index contributed by atoms with van der Waals surface area (Å²) in [6.07, 6.45) is 3.54. The number of hydrogen-bond acceptors (Lipinski definition) is 8. The minimum atomic E-state index is -3.27. The lowest BCUT2D eigenvalue weighted by atomic mass is 9.77. The van der Waals surface area contributed by atoms with E-state index in [1.807, 2.05) is 11.5 Å². The Labute approximate surface area is 159 Å². The van der Waals surface area contributed by atoms with Gasteiger partial charge in [0.05, 0.1) is 32.2 Å². The fraction of sp³-hybridized carbons (Fsp3) is 0.706. The average molecular weight is 397 g/mol. The average Bonchev–Trinajstić information content (AvgIpc) is 2.95. The Bertz CT molecular complexity index is 842. The standard InChI is InChI=1S/C17H28N5O4P/c1-12(2)17(4)5-6-25-27(23,26-8-17)11-24-13(3)7-22-10-21-14-15(18)19-9-20-16(14)22/h9-10,12-13H,5-8,11H2,1-4H3,(H2,18,19,20)/t13-,17-,27-/m1/s1. The van der Waals surface area contributed by atoms with Crippen LogP contribution in [-0.2, 0) is 24.9 Å². The number of imidazole rings is 1. The SMILES string of the molecule is CC(C)[C@]1(C)CCO[P@](=O)(CO[C@H](C)Cn2cnc3c(N)ncnc32)OC1. The first-order valence-electron chi connectivity index (χ1n) is 9.13. The molecule has 3 heterocycles. The largest absolute Gasteiger partial charge is 0.382 e. The summed E-state index contributed by atoms with van der Waals surface area (Å²) < 4.78 is 31.8. The predicted octanol–water partition coefficient (Wildman–Crippen LogP) is 3.06. The number of hydrogen-bond donors (Lipinski definition) is 1. The van der Waals surface area contributed by atoms with E-state index in [9.17, 15) is 4.57 Å². The number of aromatic nitrogens is 4. The summed E-state index contributed by atoms with van der Waals surface area (Å²) in [6.45, 7) is 9.61. The van der Waals surface area contributed by atoms with Crippen molar-refractivity contribution in [1.29, 1.82) is 0 Å². The molecule has 2 aromatic rings. The van der Waals surface area contributed by atoms with Crippen LogP contribution in [0.25, 0.3) is 11.2 Å². The zero-order valence-corrected chi connectivity index (χ0v) is 17.2. The molecule has 0 bridgehead atoms. The summed E-state index contributed by atoms with van der Waals surface area (Å²) in [6, 6.07) is 0. The maximum absolute atomic E-state index is 12.9. The lowest BCUT2D eigenvalue weighted by Gasteiger charge is -2.31. The van der Waals surface area contributed by atoms with Gasteiger partial charge in [-0.15, -0.1) is 0 Å². The van der Waals surface area contributed by atoms with Gasteiger partial charge < -0.3 is 24.1 Å². The number of nitrogen functional groups attached to an aromatic ring is 1. The summed E-state index contributed by atoms with van der Waals surface area (Å²) in [5, 5.41) is 0. The first-order valence-corrected chi connectivity index (χ1v) is 10.9. The maximum atomic E-state index is 12.9. The van der Waals surface area contributed by atoms with Gasteiger partial charge in [-0.05, 0) is 24.7 Å². The fourth-order valence-electron chi connectivity index (χ4n) is 2.88. The summed E-state index contributed by atoms with van der Waals surface area (Å²) in [5.41, 5.74) is 6.95. The maximum Gasteiger partial charge on any atom is 0.356 e. The van der Waals surface area contributed by atoms with E-state index in [1.165, 1.54) is 6.33 Å². The number of nitrogens with two attached hydrogens (primary N) is 1. The Morgan fingerprint density at radius 3 is 2.85 bits per heavy atom. The molecule has 1 aliphatic heterocycles. The quantitative estimate of drug-likeness (QED) is 0.740. The Hall–Kier alpha value is -1.54. The van der Waals surface area contributed by atoms with Crippen LogP contribution in [0.5, 0.6) is 0 Å². The topological polar surface area (TPSA) is 114 Å². The van der Waals surface area contributed by atoms with Gasteiger partial charge in [0.1, 0.15) is 18.2 Å². The minimum Gasteiger partial charge on any atom is -0.382 e. The number of anilines is 1. The molecule has 3 rings (SSSR count). The molecule has 2 N–H and O–H groups in total. The van der Waals surface area contributed by atoms with E-state index in [4.69, 9.17) is 19.5 Å². The summed E-state index contributed by atoms with van der Waals surface area (Å²) in [5.74, 6) is 0.752. The van der Waals surface area contributed by atoms with Gasteiger partial charge >= 0.3 is 7.60 Å². The fourth-order valence-corrected chi connectivity index (χ4v) is 4.41. The number of nitrogens with zero attached hydrogens (tertiary/aromatic N) is 4. The van der Waals surface area contributed by atoms with E-state index in [0.29, 0.717) is 42.7 Å². The Balaban J connectivity index is 1.59. The highest BCUT2D eigenvalue weighted by molar-refractivity contribution is 7.53. The van der Waals surface area contributed by atoms with Crippen LogP contribution in [0.4, 0.5) is 5.82 Å². The van der Waals surface area contributed by atoms with Crippen LogP contribution in [0.2, 0.25) is 0 Å². The van der Waals surface area contributed by atoms with Crippen LogP contribution in [0.1, 0.15) is 34.1 Å². The van der Waals surface area contributed by atoms with E-state index in [0.717, 1.165) is 6.42 Å². The third-order valence-corrected chi connectivity index (χ3v) is 6.91. The van der Waals surface area contributed by atoms with Gasteiger partial charge in [0.2, 0.25) is 0 Å². The predicted molar refractivity (Wildman–Crippen MR) is 102 cm³/mol. The highest BCUT2D eigenvalue weighted by atomic mass is 31.2. The first kappa shape index (κ1) is 20.2. The molecule has 0 radical (unpaired) electrons. The van der Waals surface area contributed by atoms with Gasteiger partial charge in [-0.2, -0.15) is 0 Å². The second kappa shape index (κ2) is 7.83. The molecule has 9 nitrogen and oxygen atoms in total. The molecule has 0 unspecified atom stereocenters. The molecule has 10 heteroatoms. The normalized spacial score (nSPS) is 27.7. The highest BCUT2D eigenvalue weighted by Crippen LogP contribution is 2.53. The molecule has 0 aromatic carbocycles. The molecule has 0 aliphatic carbocycles. The molecular weight excluding hydrogens is 369 g/mol. The molecule has 1 fully saturated rings. The van der Waals surface area contributed by atoms with E-state index in [2.05, 4.69) is 35.7 Å². The van der Waals surface area contributed by atoms with Crippen LogP contribution in [0.3, 0.4) is 0 Å². The van der Waals surface area contributed by atoms with Crippen LogP contribution in [0, 0.1) is 11.3 Å². The molecule has 0 amide bonds. The molecule has 27 heavy (non-hydrogen) atoms. The number of fused-ring (bicyclic) bond motifs is 1. The van der Waals surface area contributed by atoms with Gasteiger partial charge in [-0.3, -0.25) is 4.57 Å². The van der Waals surface area contributed by atoms with Crippen molar-refractivity contribution in [3.05, 3.63) is 12.7 Å². The van der Waals surface area contributed by atoms with Gasteiger partial charge in [0, 0.05) is 0 Å². The highest BCUT2D eigenvalue weighted by Gasteiger charge is 2.38. The van der Waals surface area contributed by atoms with E-state index in [1.54, 1.807) is 6.33 Å². The van der Waals surface area contributed by atoms with Gasteiger partial charge in [0.25, 0.3) is 0 Å². The second-order valence-electron chi connectivity index (χ2n) is 7.71. The van der Waals surface area contributed by atoms with E-state index < -0.39 is 7.60 Å². The van der Waals surface area contributed by atoms with Crippen LogP contribution >= 0.6 is 7.60 Å². The molecule has 0 spiro atoms. The molecule has 150 valence electrons. The lowest BCUT2D eigenvalue weighted by Crippen LogP contribution is -2.28. The van der Waals surface area contributed by atoms with Crippen molar-refractivity contribution < 1.29 is 18.3 Å². The summed E-state index contributed by atoms with van der Waals surface area (Å²) in [7, 11) is -3.27.